The molecular weight excluding hydrogens is 224 g/mol. The molecule has 2 rings (SSSR count). The molecule has 0 bridgehead atoms. The molecule has 0 spiro atoms. The smallest absolute Gasteiger partial charge is 0.330 e. The maximum absolute atomic E-state index is 11.6. The van der Waals surface area contributed by atoms with Gasteiger partial charge in [-0.25, -0.2) is 4.79 Å². The van der Waals surface area contributed by atoms with Gasteiger partial charge in [-0.05, 0) is 5.41 Å². The van der Waals surface area contributed by atoms with Crippen molar-refractivity contribution in [2.45, 2.75) is 32.6 Å². The molecule has 0 aromatic carbocycles. The molecule has 0 saturated carbocycles. The van der Waals surface area contributed by atoms with Crippen molar-refractivity contribution in [1.29, 1.82) is 0 Å². The summed E-state index contributed by atoms with van der Waals surface area (Å²) in [7, 11) is 0. The number of aromatic nitrogens is 2. The fraction of sp³-hybridized carbons (Fsp3) is 0.636. The number of aliphatic hydroxyl groups is 1. The second kappa shape index (κ2) is 4.12. The predicted molar refractivity (Wildman–Crippen MR) is 60.7 cm³/mol. The number of hydrogen-bond acceptors (Lipinski definition) is 4. The number of ether oxygens (including phenoxy) is 1. The van der Waals surface area contributed by atoms with Crippen molar-refractivity contribution in [2.75, 3.05) is 6.61 Å². The van der Waals surface area contributed by atoms with Crippen molar-refractivity contribution < 1.29 is 9.84 Å². The van der Waals surface area contributed by atoms with E-state index in [1.807, 2.05) is 13.8 Å². The van der Waals surface area contributed by atoms with E-state index in [-0.39, 0.29) is 18.1 Å². The van der Waals surface area contributed by atoms with Crippen molar-refractivity contribution in [3.8, 4) is 0 Å². The Kier molecular flexibility index (Phi) is 2.92. The number of aliphatic hydroxyl groups excluding tert-OH is 1. The van der Waals surface area contributed by atoms with Gasteiger partial charge in [0.05, 0.1) is 12.7 Å². The van der Waals surface area contributed by atoms with E-state index in [0.717, 1.165) is 0 Å². The minimum Gasteiger partial charge on any atom is -0.394 e. The fourth-order valence-electron chi connectivity index (χ4n) is 2.11. The summed E-state index contributed by atoms with van der Waals surface area (Å²) in [5, 5.41) is 9.21. The molecule has 1 aliphatic heterocycles. The van der Waals surface area contributed by atoms with E-state index in [1.165, 1.54) is 16.8 Å². The Morgan fingerprint density at radius 1 is 1.59 bits per heavy atom. The van der Waals surface area contributed by atoms with E-state index >= 15 is 0 Å². The molecule has 1 aromatic rings. The molecule has 2 heterocycles. The van der Waals surface area contributed by atoms with Gasteiger partial charge in [0.1, 0.15) is 6.23 Å². The summed E-state index contributed by atoms with van der Waals surface area (Å²) in [6.45, 7) is 3.87. The molecule has 1 aromatic heterocycles. The Bertz CT molecular complexity index is 517. The summed E-state index contributed by atoms with van der Waals surface area (Å²) in [5.74, 6) is 0. The number of rotatable bonds is 2. The van der Waals surface area contributed by atoms with Crippen LogP contribution in [0.4, 0.5) is 0 Å². The molecule has 1 saturated heterocycles. The van der Waals surface area contributed by atoms with Crippen LogP contribution in [-0.2, 0) is 4.74 Å². The molecule has 1 aliphatic rings. The third-order valence-electron chi connectivity index (χ3n) is 3.22. The van der Waals surface area contributed by atoms with Crippen molar-refractivity contribution in [3.05, 3.63) is 33.1 Å². The van der Waals surface area contributed by atoms with Gasteiger partial charge in [0.15, 0.2) is 0 Å². The Morgan fingerprint density at radius 3 is 2.82 bits per heavy atom. The Labute approximate surface area is 97.9 Å². The third kappa shape index (κ3) is 2.18. The normalized spacial score (nSPS) is 27.2. The monoisotopic (exact) mass is 240 g/mol. The molecule has 6 nitrogen and oxygen atoms in total. The topological polar surface area (TPSA) is 84.3 Å². The lowest BCUT2D eigenvalue weighted by Gasteiger charge is -2.22. The van der Waals surface area contributed by atoms with Crippen LogP contribution >= 0.6 is 0 Å². The van der Waals surface area contributed by atoms with Crippen LogP contribution in [0.2, 0.25) is 0 Å². The quantitative estimate of drug-likeness (QED) is 0.752. The van der Waals surface area contributed by atoms with Crippen LogP contribution in [0.25, 0.3) is 0 Å². The third-order valence-corrected chi connectivity index (χ3v) is 3.22. The van der Waals surface area contributed by atoms with Crippen molar-refractivity contribution in [3.63, 3.8) is 0 Å². The van der Waals surface area contributed by atoms with Crippen molar-refractivity contribution >= 4 is 0 Å². The van der Waals surface area contributed by atoms with Crippen molar-refractivity contribution in [2.24, 2.45) is 5.41 Å². The summed E-state index contributed by atoms with van der Waals surface area (Å²) >= 11 is 0. The van der Waals surface area contributed by atoms with E-state index in [9.17, 15) is 14.7 Å². The molecule has 1 unspecified atom stereocenters. The van der Waals surface area contributed by atoms with Gasteiger partial charge in [0, 0.05) is 18.7 Å². The molecule has 0 radical (unpaired) electrons. The molecule has 6 heteroatoms. The van der Waals surface area contributed by atoms with Crippen LogP contribution in [0.15, 0.2) is 21.9 Å². The van der Waals surface area contributed by atoms with E-state index in [2.05, 4.69) is 4.98 Å². The van der Waals surface area contributed by atoms with Crippen LogP contribution in [0.5, 0.6) is 0 Å². The molecule has 2 atom stereocenters. The van der Waals surface area contributed by atoms with Crippen LogP contribution < -0.4 is 11.2 Å². The van der Waals surface area contributed by atoms with E-state index in [0.29, 0.717) is 6.42 Å². The fourth-order valence-corrected chi connectivity index (χ4v) is 2.11. The van der Waals surface area contributed by atoms with Crippen LogP contribution in [-0.4, -0.2) is 27.4 Å². The standard InChI is InChI=1S/C11H16N2O4/c1-11(2)5-9(17-7(11)6-14)13-4-3-8(15)12-10(13)16/h3-4,7,9,14H,5-6H2,1-2H3,(H,12,15,16)/t7?,9-/m0/s1. The lowest BCUT2D eigenvalue weighted by Crippen LogP contribution is -2.31. The maximum atomic E-state index is 11.6. The van der Waals surface area contributed by atoms with E-state index in [1.54, 1.807) is 0 Å². The van der Waals surface area contributed by atoms with Crippen LogP contribution in [0.3, 0.4) is 0 Å². The highest BCUT2D eigenvalue weighted by atomic mass is 16.5. The zero-order chi connectivity index (χ0) is 12.6. The minimum atomic E-state index is -0.489. The highest BCUT2D eigenvalue weighted by molar-refractivity contribution is 4.91. The predicted octanol–water partition coefficient (Wildman–Crippen LogP) is -0.157. The Morgan fingerprint density at radius 2 is 2.29 bits per heavy atom. The minimum absolute atomic E-state index is 0.0817. The first kappa shape index (κ1) is 12.1. The average Bonchev–Trinajstić information content (AvgIpc) is 2.53. The summed E-state index contributed by atoms with van der Waals surface area (Å²) < 4.78 is 6.97. The second-order valence-electron chi connectivity index (χ2n) is 4.97. The first-order chi connectivity index (χ1) is 7.94. The highest BCUT2D eigenvalue weighted by Gasteiger charge is 2.42. The number of aromatic amines is 1. The lowest BCUT2D eigenvalue weighted by atomic mass is 9.85. The van der Waals surface area contributed by atoms with Gasteiger partial charge in [0.2, 0.25) is 0 Å². The second-order valence-corrected chi connectivity index (χ2v) is 4.97. The highest BCUT2D eigenvalue weighted by Crippen LogP contribution is 2.41. The number of H-pyrrole nitrogens is 1. The van der Waals surface area contributed by atoms with Gasteiger partial charge in [-0.15, -0.1) is 0 Å². The molecule has 17 heavy (non-hydrogen) atoms. The van der Waals surface area contributed by atoms with Gasteiger partial charge in [-0.2, -0.15) is 0 Å². The Balaban J connectivity index is 2.32. The first-order valence-corrected chi connectivity index (χ1v) is 5.52. The molecule has 1 fully saturated rings. The molecule has 2 N–H and O–H groups in total. The summed E-state index contributed by atoms with van der Waals surface area (Å²) in [4.78, 5) is 24.7. The van der Waals surface area contributed by atoms with Gasteiger partial charge in [0.25, 0.3) is 5.56 Å². The Hall–Kier alpha value is -1.40. The first-order valence-electron chi connectivity index (χ1n) is 5.52. The van der Waals surface area contributed by atoms with Gasteiger partial charge in [-0.1, -0.05) is 13.8 Å². The molecule has 0 aliphatic carbocycles. The number of nitrogens with zero attached hydrogens (tertiary/aromatic N) is 1. The molecule has 94 valence electrons. The zero-order valence-electron chi connectivity index (χ0n) is 9.84. The average molecular weight is 240 g/mol. The zero-order valence-corrected chi connectivity index (χ0v) is 9.84. The number of nitrogens with one attached hydrogen (secondary N) is 1. The SMILES string of the molecule is CC1(C)C[C@@H](n2ccc(=O)[nH]c2=O)OC1CO. The molecule has 0 amide bonds. The lowest BCUT2D eigenvalue weighted by molar-refractivity contribution is -0.0428. The molecular formula is C11H16N2O4. The van der Waals surface area contributed by atoms with Gasteiger partial charge < -0.3 is 9.84 Å². The van der Waals surface area contributed by atoms with Crippen molar-refractivity contribution in [1.82, 2.24) is 9.55 Å². The van der Waals surface area contributed by atoms with E-state index in [4.69, 9.17) is 4.74 Å². The van der Waals surface area contributed by atoms with E-state index < -0.39 is 17.5 Å². The number of hydrogen-bond donors (Lipinski definition) is 2. The summed E-state index contributed by atoms with van der Waals surface area (Å²) in [6.07, 6.45) is 1.30. The summed E-state index contributed by atoms with van der Waals surface area (Å²) in [5.41, 5.74) is -1.12. The van der Waals surface area contributed by atoms with Crippen LogP contribution in [0, 0.1) is 5.41 Å². The van der Waals surface area contributed by atoms with Crippen LogP contribution in [0.1, 0.15) is 26.5 Å². The van der Waals surface area contributed by atoms with Gasteiger partial charge >= 0.3 is 5.69 Å². The summed E-state index contributed by atoms with van der Waals surface area (Å²) in [6, 6.07) is 1.28. The maximum Gasteiger partial charge on any atom is 0.330 e. The largest absolute Gasteiger partial charge is 0.394 e. The van der Waals surface area contributed by atoms with Gasteiger partial charge in [-0.3, -0.25) is 14.3 Å².